The molecule has 108 valence electrons. The summed E-state index contributed by atoms with van der Waals surface area (Å²) in [7, 11) is 0. The maximum absolute atomic E-state index is 12.0. The number of amides is 1. The third-order valence-corrected chi connectivity index (χ3v) is 3.78. The van der Waals surface area contributed by atoms with Gasteiger partial charge in [-0.2, -0.15) is 0 Å². The van der Waals surface area contributed by atoms with Crippen LogP contribution in [0.3, 0.4) is 0 Å². The molecule has 0 spiro atoms. The Kier molecular flexibility index (Phi) is 4.42. The van der Waals surface area contributed by atoms with Gasteiger partial charge in [-0.25, -0.2) is 4.79 Å². The minimum absolute atomic E-state index is 0.128. The topological polar surface area (TPSA) is 66.4 Å². The van der Waals surface area contributed by atoms with Gasteiger partial charge in [0, 0.05) is 0 Å². The summed E-state index contributed by atoms with van der Waals surface area (Å²) >= 11 is 0. The molecule has 0 aliphatic heterocycles. The fourth-order valence-electron chi connectivity index (χ4n) is 2.66. The first-order chi connectivity index (χ1) is 9.47. The quantitative estimate of drug-likeness (QED) is 0.863. The van der Waals surface area contributed by atoms with Crippen LogP contribution in [0.25, 0.3) is 0 Å². The first kappa shape index (κ1) is 14.6. The molecule has 2 N–H and O–H groups in total. The van der Waals surface area contributed by atoms with Crippen LogP contribution in [0, 0.1) is 5.92 Å². The zero-order valence-corrected chi connectivity index (χ0v) is 12.0. The molecule has 2 rings (SSSR count). The van der Waals surface area contributed by atoms with E-state index in [1.54, 1.807) is 13.8 Å². The second-order valence-electron chi connectivity index (χ2n) is 5.76. The van der Waals surface area contributed by atoms with Crippen LogP contribution in [0.2, 0.25) is 0 Å². The monoisotopic (exact) mass is 275 g/mol. The average molecular weight is 275 g/mol. The zero-order chi connectivity index (χ0) is 14.7. The van der Waals surface area contributed by atoms with Crippen molar-refractivity contribution in [2.24, 2.45) is 5.92 Å². The van der Waals surface area contributed by atoms with Crippen molar-refractivity contribution in [2.75, 3.05) is 0 Å². The van der Waals surface area contributed by atoms with E-state index in [4.69, 9.17) is 5.11 Å². The molecule has 1 aliphatic rings. The molecular formula is C16H21NO3. The van der Waals surface area contributed by atoms with Gasteiger partial charge in [0.15, 0.2) is 0 Å². The van der Waals surface area contributed by atoms with Crippen molar-refractivity contribution in [1.29, 1.82) is 0 Å². The number of aliphatic carboxylic acids is 1. The van der Waals surface area contributed by atoms with Gasteiger partial charge in [0.25, 0.3) is 0 Å². The Morgan fingerprint density at radius 2 is 1.95 bits per heavy atom. The summed E-state index contributed by atoms with van der Waals surface area (Å²) in [6.45, 7) is 3.57. The molecule has 4 nitrogen and oxygen atoms in total. The first-order valence-electron chi connectivity index (χ1n) is 7.10. The number of benzene rings is 1. The van der Waals surface area contributed by atoms with Crippen molar-refractivity contribution in [1.82, 2.24) is 5.32 Å². The summed E-state index contributed by atoms with van der Waals surface area (Å²) in [6, 6.07) is 5.31. The summed E-state index contributed by atoms with van der Waals surface area (Å²) in [6.07, 6.45) is 3.62. The number of carboxylic acids is 1. The second-order valence-corrected chi connectivity index (χ2v) is 5.76. The van der Waals surface area contributed by atoms with Gasteiger partial charge in [-0.3, -0.25) is 4.79 Å². The van der Waals surface area contributed by atoms with Crippen LogP contribution >= 0.6 is 0 Å². The molecular weight excluding hydrogens is 254 g/mol. The van der Waals surface area contributed by atoms with Crippen molar-refractivity contribution in [2.45, 2.75) is 45.6 Å². The SMILES string of the molecule is CC(C)C(NC(=O)Cc1ccc2c(c1)CCC2)C(=O)O. The smallest absolute Gasteiger partial charge is 0.326 e. The maximum Gasteiger partial charge on any atom is 0.326 e. The summed E-state index contributed by atoms with van der Waals surface area (Å²) in [5.74, 6) is -1.34. The van der Waals surface area contributed by atoms with Crippen molar-refractivity contribution in [3.8, 4) is 0 Å². The Balaban J connectivity index is 1.99. The van der Waals surface area contributed by atoms with E-state index in [9.17, 15) is 9.59 Å². The Labute approximate surface area is 119 Å². The molecule has 1 aromatic carbocycles. The molecule has 1 aromatic rings. The fraction of sp³-hybridized carbons (Fsp3) is 0.500. The number of hydrogen-bond acceptors (Lipinski definition) is 2. The maximum atomic E-state index is 12.0. The molecule has 1 atom stereocenters. The molecule has 4 heteroatoms. The second kappa shape index (κ2) is 6.07. The Hall–Kier alpha value is -1.84. The van der Waals surface area contributed by atoms with Crippen LogP contribution < -0.4 is 5.32 Å². The van der Waals surface area contributed by atoms with Crippen LogP contribution in [-0.4, -0.2) is 23.0 Å². The molecule has 1 unspecified atom stereocenters. The number of rotatable bonds is 5. The molecule has 0 heterocycles. The number of fused-ring (bicyclic) bond motifs is 1. The van der Waals surface area contributed by atoms with E-state index in [0.717, 1.165) is 18.4 Å². The molecule has 0 saturated heterocycles. The molecule has 1 amide bonds. The molecule has 0 bridgehead atoms. The molecule has 1 aliphatic carbocycles. The van der Waals surface area contributed by atoms with Crippen LogP contribution in [-0.2, 0) is 28.9 Å². The standard InChI is InChI=1S/C16H21NO3/c1-10(2)15(16(19)20)17-14(18)9-11-6-7-12-4-3-5-13(12)8-11/h6-8,10,15H,3-5,9H2,1-2H3,(H,17,18)(H,19,20). The van der Waals surface area contributed by atoms with Crippen molar-refractivity contribution in [3.63, 3.8) is 0 Å². The van der Waals surface area contributed by atoms with E-state index in [-0.39, 0.29) is 18.2 Å². The van der Waals surface area contributed by atoms with Crippen molar-refractivity contribution in [3.05, 3.63) is 34.9 Å². The number of nitrogens with one attached hydrogen (secondary N) is 1. The highest BCUT2D eigenvalue weighted by molar-refractivity contribution is 5.85. The van der Waals surface area contributed by atoms with E-state index < -0.39 is 12.0 Å². The van der Waals surface area contributed by atoms with Gasteiger partial charge in [-0.1, -0.05) is 32.0 Å². The van der Waals surface area contributed by atoms with E-state index in [1.165, 1.54) is 17.5 Å². The van der Waals surface area contributed by atoms with Crippen LogP contribution in [0.5, 0.6) is 0 Å². The van der Waals surface area contributed by atoms with E-state index >= 15 is 0 Å². The minimum Gasteiger partial charge on any atom is -0.480 e. The summed E-state index contributed by atoms with van der Waals surface area (Å²) in [5.41, 5.74) is 3.66. The highest BCUT2D eigenvalue weighted by atomic mass is 16.4. The molecule has 20 heavy (non-hydrogen) atoms. The zero-order valence-electron chi connectivity index (χ0n) is 12.0. The minimum atomic E-state index is -0.984. The van der Waals surface area contributed by atoms with E-state index in [0.29, 0.717) is 0 Å². The number of hydrogen-bond donors (Lipinski definition) is 2. The normalized spacial score (nSPS) is 14.9. The predicted octanol–water partition coefficient (Wildman–Crippen LogP) is 1.94. The molecule has 0 radical (unpaired) electrons. The van der Waals surface area contributed by atoms with Crippen molar-refractivity contribution >= 4 is 11.9 Å². The Morgan fingerprint density at radius 1 is 1.25 bits per heavy atom. The van der Waals surface area contributed by atoms with Crippen LogP contribution in [0.1, 0.15) is 37.0 Å². The third-order valence-electron chi connectivity index (χ3n) is 3.78. The number of carboxylic acid groups (broad SMARTS) is 1. The number of aryl methyl sites for hydroxylation is 2. The van der Waals surface area contributed by atoms with Crippen LogP contribution in [0.15, 0.2) is 18.2 Å². The van der Waals surface area contributed by atoms with Gasteiger partial charge in [0.1, 0.15) is 6.04 Å². The van der Waals surface area contributed by atoms with E-state index in [2.05, 4.69) is 17.4 Å². The fourth-order valence-corrected chi connectivity index (χ4v) is 2.66. The molecule has 0 aromatic heterocycles. The van der Waals surface area contributed by atoms with Gasteiger partial charge in [-0.15, -0.1) is 0 Å². The van der Waals surface area contributed by atoms with E-state index in [1.807, 2.05) is 6.07 Å². The van der Waals surface area contributed by atoms with Gasteiger partial charge >= 0.3 is 5.97 Å². The van der Waals surface area contributed by atoms with Gasteiger partial charge in [-0.05, 0) is 41.9 Å². The molecule has 0 fully saturated rings. The summed E-state index contributed by atoms with van der Waals surface area (Å²) in [4.78, 5) is 23.0. The highest BCUT2D eigenvalue weighted by Gasteiger charge is 2.23. The summed E-state index contributed by atoms with van der Waals surface area (Å²) < 4.78 is 0. The average Bonchev–Trinajstić information content (AvgIpc) is 2.82. The lowest BCUT2D eigenvalue weighted by molar-refractivity contribution is -0.143. The number of carbonyl (C=O) groups excluding carboxylic acids is 1. The Bertz CT molecular complexity index is 522. The van der Waals surface area contributed by atoms with Crippen LogP contribution in [0.4, 0.5) is 0 Å². The Morgan fingerprint density at radius 3 is 2.60 bits per heavy atom. The third kappa shape index (κ3) is 3.38. The number of carbonyl (C=O) groups is 2. The first-order valence-corrected chi connectivity index (χ1v) is 7.10. The lowest BCUT2D eigenvalue weighted by Gasteiger charge is -2.18. The van der Waals surface area contributed by atoms with Gasteiger partial charge in [0.2, 0.25) is 5.91 Å². The molecule has 0 saturated carbocycles. The largest absolute Gasteiger partial charge is 0.480 e. The summed E-state index contributed by atoms with van der Waals surface area (Å²) in [5, 5.41) is 11.7. The lowest BCUT2D eigenvalue weighted by Crippen LogP contribution is -2.44. The predicted molar refractivity (Wildman–Crippen MR) is 76.6 cm³/mol. The van der Waals surface area contributed by atoms with Crippen molar-refractivity contribution < 1.29 is 14.7 Å². The highest BCUT2D eigenvalue weighted by Crippen LogP contribution is 2.23. The lowest BCUT2D eigenvalue weighted by atomic mass is 10.0. The van der Waals surface area contributed by atoms with Gasteiger partial charge in [0.05, 0.1) is 6.42 Å². The van der Waals surface area contributed by atoms with Gasteiger partial charge < -0.3 is 10.4 Å².